The standard InChI is InChI=1S/C26H37N3O5/c1-26(18-14-15-21(33-2)22(16-18)34-3)24(31)28(25(32)27-26)17-23(30)29(19-10-6-4-7-11-19)20-12-8-5-9-13-20/h14-16,19-20H,4-13,17H2,1-3H3,(H,27,32)/t26-/m0/s1. The molecule has 186 valence electrons. The molecule has 4 amide bonds. The number of amides is 4. The monoisotopic (exact) mass is 471 g/mol. The summed E-state index contributed by atoms with van der Waals surface area (Å²) in [5.74, 6) is 0.469. The second-order valence-electron chi connectivity index (χ2n) is 9.90. The first kappa shape index (κ1) is 24.4. The summed E-state index contributed by atoms with van der Waals surface area (Å²) in [4.78, 5) is 43.2. The summed E-state index contributed by atoms with van der Waals surface area (Å²) < 4.78 is 10.7. The van der Waals surface area contributed by atoms with Crippen LogP contribution >= 0.6 is 0 Å². The van der Waals surface area contributed by atoms with Crippen LogP contribution in [0.1, 0.15) is 76.7 Å². The minimum atomic E-state index is -1.28. The molecular weight excluding hydrogens is 434 g/mol. The molecule has 1 aromatic carbocycles. The zero-order valence-electron chi connectivity index (χ0n) is 20.6. The number of imide groups is 1. The Hall–Kier alpha value is -2.77. The molecule has 1 aliphatic heterocycles. The normalized spacial score (nSPS) is 24.1. The quantitative estimate of drug-likeness (QED) is 0.608. The Labute approximate surface area is 201 Å². The Kier molecular flexibility index (Phi) is 7.33. The van der Waals surface area contributed by atoms with Crippen molar-refractivity contribution >= 4 is 17.8 Å². The van der Waals surface area contributed by atoms with E-state index >= 15 is 0 Å². The maximum absolute atomic E-state index is 13.6. The predicted octanol–water partition coefficient (Wildman–Crippen LogP) is 3.96. The van der Waals surface area contributed by atoms with Gasteiger partial charge >= 0.3 is 6.03 Å². The zero-order chi connectivity index (χ0) is 24.3. The lowest BCUT2D eigenvalue weighted by Crippen LogP contribution is -2.53. The van der Waals surface area contributed by atoms with Crippen LogP contribution in [0.25, 0.3) is 0 Å². The van der Waals surface area contributed by atoms with Crippen LogP contribution < -0.4 is 14.8 Å². The van der Waals surface area contributed by atoms with E-state index in [-0.39, 0.29) is 24.5 Å². The predicted molar refractivity (Wildman–Crippen MR) is 128 cm³/mol. The molecule has 34 heavy (non-hydrogen) atoms. The van der Waals surface area contributed by atoms with Crippen LogP contribution in [-0.2, 0) is 15.1 Å². The van der Waals surface area contributed by atoms with Gasteiger partial charge in [0.2, 0.25) is 5.91 Å². The van der Waals surface area contributed by atoms with Gasteiger partial charge in [0.05, 0.1) is 14.2 Å². The van der Waals surface area contributed by atoms with Gasteiger partial charge in [0.15, 0.2) is 11.5 Å². The van der Waals surface area contributed by atoms with Crippen LogP contribution in [0.4, 0.5) is 4.79 Å². The molecule has 2 aliphatic carbocycles. The molecule has 8 nitrogen and oxygen atoms in total. The third kappa shape index (κ3) is 4.59. The summed E-state index contributed by atoms with van der Waals surface area (Å²) in [6.07, 6.45) is 10.9. The highest BCUT2D eigenvalue weighted by molar-refractivity contribution is 6.09. The summed E-state index contributed by atoms with van der Waals surface area (Å²) >= 11 is 0. The van der Waals surface area contributed by atoms with E-state index in [1.807, 2.05) is 4.90 Å². The number of nitrogens with one attached hydrogen (secondary N) is 1. The van der Waals surface area contributed by atoms with Gasteiger partial charge in [0.25, 0.3) is 5.91 Å². The van der Waals surface area contributed by atoms with Crippen LogP contribution in [0.5, 0.6) is 11.5 Å². The molecule has 4 rings (SSSR count). The second kappa shape index (κ2) is 10.2. The molecule has 1 heterocycles. The van der Waals surface area contributed by atoms with Gasteiger partial charge in [-0.05, 0) is 50.3 Å². The van der Waals surface area contributed by atoms with Crippen LogP contribution in [0.3, 0.4) is 0 Å². The van der Waals surface area contributed by atoms with Gasteiger partial charge < -0.3 is 19.7 Å². The van der Waals surface area contributed by atoms with Crippen molar-refractivity contribution in [2.75, 3.05) is 20.8 Å². The zero-order valence-corrected chi connectivity index (χ0v) is 20.6. The highest BCUT2D eigenvalue weighted by Crippen LogP contribution is 2.36. The third-order valence-corrected chi connectivity index (χ3v) is 7.75. The number of nitrogens with zero attached hydrogens (tertiary/aromatic N) is 2. The lowest BCUT2D eigenvalue weighted by molar-refractivity contribution is -0.143. The van der Waals surface area contributed by atoms with E-state index in [2.05, 4.69) is 5.32 Å². The topological polar surface area (TPSA) is 88.2 Å². The molecule has 8 heteroatoms. The summed E-state index contributed by atoms with van der Waals surface area (Å²) in [6.45, 7) is 1.44. The molecule has 1 N–H and O–H groups in total. The average Bonchev–Trinajstić information content (AvgIpc) is 3.08. The third-order valence-electron chi connectivity index (χ3n) is 7.75. The number of urea groups is 1. The number of carbonyl (C=O) groups excluding carboxylic acids is 3. The van der Waals surface area contributed by atoms with Gasteiger partial charge in [-0.1, -0.05) is 44.6 Å². The highest BCUT2D eigenvalue weighted by Gasteiger charge is 2.50. The number of ether oxygens (including phenoxy) is 2. The molecular formula is C26H37N3O5. The first-order valence-electron chi connectivity index (χ1n) is 12.6. The number of methoxy groups -OCH3 is 2. The average molecular weight is 472 g/mol. The van der Waals surface area contributed by atoms with E-state index in [1.54, 1.807) is 32.2 Å². The van der Waals surface area contributed by atoms with Crippen LogP contribution in [-0.4, -0.2) is 60.5 Å². The highest BCUT2D eigenvalue weighted by atomic mass is 16.5. The van der Waals surface area contributed by atoms with Crippen molar-refractivity contribution in [3.8, 4) is 11.5 Å². The first-order valence-corrected chi connectivity index (χ1v) is 12.6. The summed E-state index contributed by atoms with van der Waals surface area (Å²) in [5, 5.41) is 2.81. The molecule has 0 unspecified atom stereocenters. The fraction of sp³-hybridized carbons (Fsp3) is 0.654. The van der Waals surface area contributed by atoms with Gasteiger partial charge in [-0.3, -0.25) is 14.5 Å². The molecule has 1 aromatic rings. The fourth-order valence-electron chi connectivity index (χ4n) is 5.82. The number of benzene rings is 1. The van der Waals surface area contributed by atoms with Crippen molar-refractivity contribution < 1.29 is 23.9 Å². The van der Waals surface area contributed by atoms with Crippen molar-refractivity contribution in [1.29, 1.82) is 0 Å². The summed E-state index contributed by atoms with van der Waals surface area (Å²) in [5.41, 5.74) is -0.702. The number of hydrogen-bond acceptors (Lipinski definition) is 5. The minimum absolute atomic E-state index is 0.112. The number of rotatable bonds is 7. The number of hydrogen-bond donors (Lipinski definition) is 1. The SMILES string of the molecule is COc1ccc([C@]2(C)NC(=O)N(CC(=O)N(C3CCCCC3)C3CCCCC3)C2=O)cc1OC. The van der Waals surface area contributed by atoms with E-state index < -0.39 is 17.5 Å². The molecule has 1 atom stereocenters. The molecule has 3 aliphatic rings. The van der Waals surface area contributed by atoms with Crippen molar-refractivity contribution in [2.45, 2.75) is 88.8 Å². The Balaban J connectivity index is 1.55. The van der Waals surface area contributed by atoms with E-state index in [0.29, 0.717) is 17.1 Å². The largest absolute Gasteiger partial charge is 0.493 e. The van der Waals surface area contributed by atoms with E-state index in [0.717, 1.165) is 56.3 Å². The summed E-state index contributed by atoms with van der Waals surface area (Å²) in [6, 6.07) is 5.02. The second-order valence-corrected chi connectivity index (χ2v) is 9.90. The van der Waals surface area contributed by atoms with Gasteiger partial charge in [0, 0.05) is 12.1 Å². The van der Waals surface area contributed by atoms with E-state index in [9.17, 15) is 14.4 Å². The van der Waals surface area contributed by atoms with Gasteiger partial charge in [-0.25, -0.2) is 4.79 Å². The minimum Gasteiger partial charge on any atom is -0.493 e. The summed E-state index contributed by atoms with van der Waals surface area (Å²) in [7, 11) is 3.06. The van der Waals surface area contributed by atoms with Gasteiger partial charge in [-0.15, -0.1) is 0 Å². The molecule has 0 spiro atoms. The molecule has 1 saturated heterocycles. The van der Waals surface area contributed by atoms with Crippen LogP contribution in [0.2, 0.25) is 0 Å². The van der Waals surface area contributed by atoms with Gasteiger partial charge in [0.1, 0.15) is 12.1 Å². The van der Waals surface area contributed by atoms with E-state index in [1.165, 1.54) is 20.0 Å². The maximum atomic E-state index is 13.6. The van der Waals surface area contributed by atoms with E-state index in [4.69, 9.17) is 9.47 Å². The molecule has 0 aromatic heterocycles. The van der Waals surface area contributed by atoms with Crippen molar-refractivity contribution in [3.05, 3.63) is 23.8 Å². The van der Waals surface area contributed by atoms with Crippen molar-refractivity contribution in [3.63, 3.8) is 0 Å². The molecule has 0 bridgehead atoms. The van der Waals surface area contributed by atoms with Crippen molar-refractivity contribution in [1.82, 2.24) is 15.1 Å². The van der Waals surface area contributed by atoms with Gasteiger partial charge in [-0.2, -0.15) is 0 Å². The fourth-order valence-corrected chi connectivity index (χ4v) is 5.82. The Bertz CT molecular complexity index is 905. The lowest BCUT2D eigenvalue weighted by atomic mass is 9.88. The molecule has 0 radical (unpaired) electrons. The maximum Gasteiger partial charge on any atom is 0.325 e. The number of carbonyl (C=O) groups is 3. The lowest BCUT2D eigenvalue weighted by Gasteiger charge is -2.42. The van der Waals surface area contributed by atoms with Crippen LogP contribution in [0.15, 0.2) is 18.2 Å². The smallest absolute Gasteiger partial charge is 0.325 e. The Morgan fingerprint density at radius 3 is 2.06 bits per heavy atom. The molecule has 2 saturated carbocycles. The van der Waals surface area contributed by atoms with Crippen LogP contribution in [0, 0.1) is 0 Å². The Morgan fingerprint density at radius 1 is 0.971 bits per heavy atom. The Morgan fingerprint density at radius 2 is 1.53 bits per heavy atom. The first-order chi connectivity index (χ1) is 16.4. The van der Waals surface area contributed by atoms with Crippen molar-refractivity contribution in [2.24, 2.45) is 0 Å². The molecule has 3 fully saturated rings.